The Hall–Kier alpha value is -3.69. The average molecular weight is 454 g/mol. The lowest BCUT2D eigenvalue weighted by atomic mass is 10.2. The summed E-state index contributed by atoms with van der Waals surface area (Å²) in [6, 6.07) is 17.1. The summed E-state index contributed by atoms with van der Waals surface area (Å²) in [7, 11) is 1.58. The summed E-state index contributed by atoms with van der Waals surface area (Å²) in [4.78, 5) is 24.8. The highest BCUT2D eigenvalue weighted by Crippen LogP contribution is 2.18. The Morgan fingerprint density at radius 3 is 2.47 bits per heavy atom. The van der Waals surface area contributed by atoms with Crippen LogP contribution in [0.5, 0.6) is 5.75 Å². The molecule has 3 rings (SSSR count). The van der Waals surface area contributed by atoms with Crippen molar-refractivity contribution in [2.24, 2.45) is 0 Å². The Labute approximate surface area is 190 Å². The number of thiocarbonyl (C=S) groups is 1. The zero-order chi connectivity index (χ0) is 22.8. The van der Waals surface area contributed by atoms with E-state index in [9.17, 15) is 9.59 Å². The number of hydrogen-bond donors (Lipinski definition) is 3. The third-order valence-corrected chi connectivity index (χ3v) is 4.52. The van der Waals surface area contributed by atoms with Crippen molar-refractivity contribution < 1.29 is 23.5 Å². The largest absolute Gasteiger partial charge is 0.490 e. The van der Waals surface area contributed by atoms with E-state index in [4.69, 9.17) is 26.1 Å². The standard InChI is InChI=1S/C23H23N3O5S/c1-29-13-14-31-20-7-3-2-6-19(20)22(28)26-23(32)25-17-10-8-16(9-11-17)21(27)24-15-18-5-4-12-30-18/h2-12H,13-15H2,1H3,(H,24,27)(H2,25,26,28,32). The minimum Gasteiger partial charge on any atom is -0.490 e. The fourth-order valence-corrected chi connectivity index (χ4v) is 2.95. The topological polar surface area (TPSA) is 102 Å². The summed E-state index contributed by atoms with van der Waals surface area (Å²) < 4.78 is 15.7. The molecule has 32 heavy (non-hydrogen) atoms. The third-order valence-electron chi connectivity index (χ3n) is 4.31. The minimum atomic E-state index is -0.399. The van der Waals surface area contributed by atoms with Gasteiger partial charge in [0, 0.05) is 18.4 Å². The number of nitrogens with one attached hydrogen (secondary N) is 3. The molecule has 1 heterocycles. The highest BCUT2D eigenvalue weighted by atomic mass is 32.1. The Balaban J connectivity index is 1.52. The summed E-state index contributed by atoms with van der Waals surface area (Å²) >= 11 is 5.24. The van der Waals surface area contributed by atoms with Gasteiger partial charge in [0.2, 0.25) is 0 Å². The van der Waals surface area contributed by atoms with Crippen molar-refractivity contribution >= 4 is 34.8 Å². The molecule has 2 aromatic carbocycles. The normalized spacial score (nSPS) is 10.3. The lowest BCUT2D eigenvalue weighted by Gasteiger charge is -2.13. The molecule has 8 nitrogen and oxygen atoms in total. The number of hydrogen-bond acceptors (Lipinski definition) is 6. The molecule has 2 amide bonds. The SMILES string of the molecule is COCCOc1ccccc1C(=O)NC(=S)Nc1ccc(C(=O)NCc2ccco2)cc1. The molecule has 0 saturated carbocycles. The Morgan fingerprint density at radius 2 is 1.75 bits per heavy atom. The summed E-state index contributed by atoms with van der Waals surface area (Å²) in [6.07, 6.45) is 1.55. The second-order valence-electron chi connectivity index (χ2n) is 6.59. The van der Waals surface area contributed by atoms with Gasteiger partial charge in [-0.25, -0.2) is 0 Å². The van der Waals surface area contributed by atoms with Gasteiger partial charge in [-0.1, -0.05) is 12.1 Å². The number of para-hydroxylation sites is 1. The molecule has 0 fully saturated rings. The van der Waals surface area contributed by atoms with Crippen LogP contribution in [-0.4, -0.2) is 37.3 Å². The van der Waals surface area contributed by atoms with Gasteiger partial charge in [-0.05, 0) is 60.7 Å². The molecule has 0 aliphatic carbocycles. The molecule has 0 atom stereocenters. The van der Waals surface area contributed by atoms with E-state index in [1.807, 2.05) is 0 Å². The van der Waals surface area contributed by atoms with Crippen molar-refractivity contribution in [2.45, 2.75) is 6.54 Å². The van der Waals surface area contributed by atoms with Crippen molar-refractivity contribution in [3.05, 3.63) is 83.8 Å². The van der Waals surface area contributed by atoms with E-state index in [0.29, 0.717) is 48.1 Å². The van der Waals surface area contributed by atoms with Gasteiger partial charge in [-0.2, -0.15) is 0 Å². The van der Waals surface area contributed by atoms with Gasteiger partial charge in [0.1, 0.15) is 18.1 Å². The predicted molar refractivity (Wildman–Crippen MR) is 124 cm³/mol. The zero-order valence-corrected chi connectivity index (χ0v) is 18.2. The molecule has 166 valence electrons. The Morgan fingerprint density at radius 1 is 0.969 bits per heavy atom. The predicted octanol–water partition coefficient (Wildman–Crippen LogP) is 3.36. The fraction of sp³-hybridized carbons (Fsp3) is 0.174. The molecule has 1 aromatic heterocycles. The van der Waals surface area contributed by atoms with Gasteiger partial charge in [0.25, 0.3) is 11.8 Å². The van der Waals surface area contributed by atoms with Crippen LogP contribution in [0.4, 0.5) is 5.69 Å². The molecule has 3 aromatic rings. The second kappa shape index (κ2) is 11.6. The first-order valence-corrected chi connectivity index (χ1v) is 10.2. The Bertz CT molecular complexity index is 1050. The van der Waals surface area contributed by atoms with E-state index in [1.54, 1.807) is 74.0 Å². The summed E-state index contributed by atoms with van der Waals surface area (Å²) in [6.45, 7) is 1.04. The first-order chi connectivity index (χ1) is 15.6. The number of carbonyl (C=O) groups excluding carboxylic acids is 2. The summed E-state index contributed by atoms with van der Waals surface area (Å²) in [5.41, 5.74) is 1.47. The highest BCUT2D eigenvalue weighted by molar-refractivity contribution is 7.80. The molecule has 0 radical (unpaired) electrons. The minimum absolute atomic E-state index is 0.122. The van der Waals surface area contributed by atoms with Crippen molar-refractivity contribution in [2.75, 3.05) is 25.6 Å². The van der Waals surface area contributed by atoms with Gasteiger partial charge in [0.15, 0.2) is 5.11 Å². The number of anilines is 1. The van der Waals surface area contributed by atoms with E-state index in [0.717, 1.165) is 0 Å². The Kier molecular flexibility index (Phi) is 8.36. The van der Waals surface area contributed by atoms with E-state index in [-0.39, 0.29) is 11.0 Å². The molecule has 0 bridgehead atoms. The quantitative estimate of drug-likeness (QED) is 0.337. The van der Waals surface area contributed by atoms with Crippen molar-refractivity contribution in [1.29, 1.82) is 0 Å². The maximum atomic E-state index is 12.6. The van der Waals surface area contributed by atoms with Crippen LogP contribution >= 0.6 is 12.2 Å². The maximum Gasteiger partial charge on any atom is 0.261 e. The van der Waals surface area contributed by atoms with Crippen LogP contribution in [0.15, 0.2) is 71.3 Å². The van der Waals surface area contributed by atoms with E-state index in [1.165, 1.54) is 0 Å². The van der Waals surface area contributed by atoms with Crippen LogP contribution in [0.2, 0.25) is 0 Å². The van der Waals surface area contributed by atoms with Crippen molar-refractivity contribution in [3.63, 3.8) is 0 Å². The first kappa shape index (κ1) is 23.0. The van der Waals surface area contributed by atoms with Crippen molar-refractivity contribution in [3.8, 4) is 5.75 Å². The molecule has 3 N–H and O–H groups in total. The molecule has 0 saturated heterocycles. The van der Waals surface area contributed by atoms with Crippen molar-refractivity contribution in [1.82, 2.24) is 10.6 Å². The van der Waals surface area contributed by atoms with Gasteiger partial charge in [-0.15, -0.1) is 0 Å². The van der Waals surface area contributed by atoms with Crippen LogP contribution in [0.3, 0.4) is 0 Å². The lowest BCUT2D eigenvalue weighted by molar-refractivity contribution is 0.0945. The molecular formula is C23H23N3O5S. The second-order valence-corrected chi connectivity index (χ2v) is 6.99. The van der Waals surface area contributed by atoms with Crippen LogP contribution in [0.25, 0.3) is 0 Å². The first-order valence-electron chi connectivity index (χ1n) is 9.80. The van der Waals surface area contributed by atoms with Gasteiger partial charge >= 0.3 is 0 Å². The smallest absolute Gasteiger partial charge is 0.261 e. The maximum absolute atomic E-state index is 12.6. The van der Waals surface area contributed by atoms with E-state index >= 15 is 0 Å². The number of rotatable bonds is 9. The van der Waals surface area contributed by atoms with Crippen LogP contribution in [0.1, 0.15) is 26.5 Å². The van der Waals surface area contributed by atoms with E-state index in [2.05, 4.69) is 16.0 Å². The number of benzene rings is 2. The average Bonchev–Trinajstić information content (AvgIpc) is 3.32. The lowest BCUT2D eigenvalue weighted by Crippen LogP contribution is -2.34. The number of ether oxygens (including phenoxy) is 2. The number of methoxy groups -OCH3 is 1. The van der Waals surface area contributed by atoms with Crippen LogP contribution < -0.4 is 20.7 Å². The highest BCUT2D eigenvalue weighted by Gasteiger charge is 2.14. The van der Waals surface area contributed by atoms with Gasteiger partial charge < -0.3 is 24.5 Å². The van der Waals surface area contributed by atoms with E-state index < -0.39 is 5.91 Å². The molecular weight excluding hydrogens is 430 g/mol. The number of furan rings is 1. The summed E-state index contributed by atoms with van der Waals surface area (Å²) in [5.74, 6) is 0.483. The molecule has 9 heteroatoms. The molecule has 0 spiro atoms. The molecule has 0 aliphatic rings. The monoisotopic (exact) mass is 453 g/mol. The van der Waals surface area contributed by atoms with Gasteiger partial charge in [0.05, 0.1) is 25.0 Å². The fourth-order valence-electron chi connectivity index (χ4n) is 2.74. The zero-order valence-electron chi connectivity index (χ0n) is 17.4. The third kappa shape index (κ3) is 6.66. The van der Waals surface area contributed by atoms with Gasteiger partial charge in [-0.3, -0.25) is 14.9 Å². The summed E-state index contributed by atoms with van der Waals surface area (Å²) in [5, 5.41) is 8.45. The molecule has 0 aliphatic heterocycles. The number of carbonyl (C=O) groups is 2. The van der Waals surface area contributed by atoms with Crippen LogP contribution in [0, 0.1) is 0 Å². The van der Waals surface area contributed by atoms with Crippen LogP contribution in [-0.2, 0) is 11.3 Å². The molecule has 0 unspecified atom stereocenters. The number of amides is 2.